The van der Waals surface area contributed by atoms with Crippen LogP contribution < -0.4 is 4.74 Å². The molecule has 0 radical (unpaired) electrons. The number of rotatable bonds is 5. The number of Topliss-reactive ketones (excluding diaryl/α,β-unsaturated/α-hetero) is 1. The molecule has 0 unspecified atom stereocenters. The van der Waals surface area contributed by atoms with E-state index in [9.17, 15) is 18.4 Å². The zero-order chi connectivity index (χ0) is 22.6. The molecule has 2 aromatic carbocycles. The Labute approximate surface area is 181 Å². The van der Waals surface area contributed by atoms with Crippen LogP contribution >= 0.6 is 0 Å². The lowest BCUT2D eigenvalue weighted by Gasteiger charge is -2.36. The minimum absolute atomic E-state index is 0.0180. The van der Waals surface area contributed by atoms with Crippen LogP contribution in [0.25, 0.3) is 0 Å². The van der Waals surface area contributed by atoms with E-state index in [1.165, 1.54) is 4.90 Å². The fourth-order valence-corrected chi connectivity index (χ4v) is 3.54. The van der Waals surface area contributed by atoms with E-state index in [1.807, 2.05) is 18.2 Å². The van der Waals surface area contributed by atoms with E-state index in [4.69, 9.17) is 9.47 Å². The fourth-order valence-electron chi connectivity index (χ4n) is 3.54. The molecule has 0 aliphatic carbocycles. The molecular weight excluding hydrogens is 404 g/mol. The van der Waals surface area contributed by atoms with Crippen LogP contribution in [0.5, 0.6) is 5.75 Å². The maximum absolute atomic E-state index is 14.6. The lowest BCUT2D eigenvalue weighted by atomic mass is 9.94. The third kappa shape index (κ3) is 5.81. The number of carbonyl (C=O) groups excluding carboxylic acids is 2. The van der Waals surface area contributed by atoms with E-state index in [0.29, 0.717) is 25.5 Å². The molecule has 7 heteroatoms. The highest BCUT2D eigenvalue weighted by Gasteiger charge is 2.37. The van der Waals surface area contributed by atoms with Gasteiger partial charge >= 0.3 is 6.09 Å². The fraction of sp³-hybridized carbons (Fsp3) is 0.417. The first-order valence-corrected chi connectivity index (χ1v) is 10.4. The number of ketones is 1. The van der Waals surface area contributed by atoms with Crippen LogP contribution in [0.2, 0.25) is 0 Å². The van der Waals surface area contributed by atoms with Crippen molar-refractivity contribution in [3.8, 4) is 5.75 Å². The Kier molecular flexibility index (Phi) is 6.93. The molecule has 1 aliphatic rings. The molecule has 1 amide bonds. The normalized spacial score (nSPS) is 16.7. The first-order valence-electron chi connectivity index (χ1n) is 10.4. The number of halogens is 2. The Bertz CT molecular complexity index is 941. The number of carbonyl (C=O) groups is 2. The van der Waals surface area contributed by atoms with Gasteiger partial charge in [0, 0.05) is 12.6 Å². The van der Waals surface area contributed by atoms with E-state index in [2.05, 4.69) is 0 Å². The summed E-state index contributed by atoms with van der Waals surface area (Å²) in [5, 5.41) is 0. The molecule has 31 heavy (non-hydrogen) atoms. The van der Waals surface area contributed by atoms with Gasteiger partial charge in [-0.1, -0.05) is 30.3 Å². The number of hydrogen-bond donors (Lipinski definition) is 0. The second-order valence-electron chi connectivity index (χ2n) is 8.59. The van der Waals surface area contributed by atoms with Crippen molar-refractivity contribution in [1.82, 2.24) is 4.90 Å². The number of ether oxygens (including phenoxy) is 2. The molecule has 0 spiro atoms. The second-order valence-corrected chi connectivity index (χ2v) is 8.59. The molecule has 1 atom stereocenters. The van der Waals surface area contributed by atoms with Crippen LogP contribution in [0.1, 0.15) is 56.0 Å². The number of hydrogen-bond acceptors (Lipinski definition) is 4. The molecule has 2 aromatic rings. The summed E-state index contributed by atoms with van der Waals surface area (Å²) in [7, 11) is 0. The van der Waals surface area contributed by atoms with Crippen molar-refractivity contribution in [2.45, 2.75) is 58.3 Å². The maximum Gasteiger partial charge on any atom is 0.410 e. The molecule has 5 nitrogen and oxygen atoms in total. The summed E-state index contributed by atoms with van der Waals surface area (Å²) < 4.78 is 39.7. The SMILES string of the molecule is CC(C)(C)OC(=O)N1CCCC[C@@H]1C(=O)c1cc(F)cc(F)c1OCc1ccccc1. The van der Waals surface area contributed by atoms with Gasteiger partial charge in [-0.15, -0.1) is 0 Å². The second kappa shape index (κ2) is 9.45. The van der Waals surface area contributed by atoms with Crippen molar-refractivity contribution in [3.05, 3.63) is 65.2 Å². The van der Waals surface area contributed by atoms with Crippen molar-refractivity contribution in [1.29, 1.82) is 0 Å². The van der Waals surface area contributed by atoms with Gasteiger partial charge in [0.05, 0.1) is 11.6 Å². The predicted octanol–water partition coefficient (Wildman–Crippen LogP) is 5.52. The van der Waals surface area contributed by atoms with Gasteiger partial charge in [0.25, 0.3) is 0 Å². The number of benzene rings is 2. The van der Waals surface area contributed by atoms with Gasteiger partial charge < -0.3 is 9.47 Å². The molecule has 0 saturated carbocycles. The van der Waals surface area contributed by atoms with Crippen molar-refractivity contribution in [2.75, 3.05) is 6.54 Å². The summed E-state index contributed by atoms with van der Waals surface area (Å²) in [6, 6.07) is 9.84. The quantitative estimate of drug-likeness (QED) is 0.586. The highest BCUT2D eigenvalue weighted by molar-refractivity contribution is 6.03. The minimum atomic E-state index is -0.959. The van der Waals surface area contributed by atoms with Gasteiger partial charge in [-0.2, -0.15) is 0 Å². The van der Waals surface area contributed by atoms with Gasteiger partial charge in [-0.25, -0.2) is 13.6 Å². The largest absolute Gasteiger partial charge is 0.485 e. The van der Waals surface area contributed by atoms with Crippen molar-refractivity contribution in [3.63, 3.8) is 0 Å². The zero-order valence-corrected chi connectivity index (χ0v) is 18.0. The number of amides is 1. The van der Waals surface area contributed by atoms with E-state index in [-0.39, 0.29) is 17.9 Å². The smallest absolute Gasteiger partial charge is 0.410 e. The van der Waals surface area contributed by atoms with E-state index in [0.717, 1.165) is 18.1 Å². The van der Waals surface area contributed by atoms with E-state index in [1.54, 1.807) is 32.9 Å². The number of piperidine rings is 1. The zero-order valence-electron chi connectivity index (χ0n) is 18.0. The molecule has 1 heterocycles. The van der Waals surface area contributed by atoms with Crippen molar-refractivity contribution < 1.29 is 27.8 Å². The highest BCUT2D eigenvalue weighted by atomic mass is 19.1. The first-order chi connectivity index (χ1) is 14.7. The Morgan fingerprint density at radius 2 is 1.81 bits per heavy atom. The summed E-state index contributed by atoms with van der Waals surface area (Å²) in [4.78, 5) is 27.4. The Balaban J connectivity index is 1.89. The number of nitrogens with zero attached hydrogens (tertiary/aromatic N) is 1. The summed E-state index contributed by atoms with van der Waals surface area (Å²) in [5.41, 5.74) is -0.164. The highest BCUT2D eigenvalue weighted by Crippen LogP contribution is 2.30. The van der Waals surface area contributed by atoms with Crippen molar-refractivity contribution in [2.24, 2.45) is 0 Å². The standard InChI is InChI=1S/C24H27F2NO4/c1-24(2,3)31-23(29)27-12-8-7-11-20(27)21(28)18-13-17(25)14-19(26)22(18)30-15-16-9-5-4-6-10-16/h4-6,9-10,13-14,20H,7-8,11-12,15H2,1-3H3/t20-/m1/s1. The van der Waals surface area contributed by atoms with Crippen LogP contribution in [0, 0.1) is 11.6 Å². The average Bonchev–Trinajstić information content (AvgIpc) is 2.71. The predicted molar refractivity (Wildman–Crippen MR) is 112 cm³/mol. The van der Waals surface area contributed by atoms with Gasteiger partial charge in [0.15, 0.2) is 17.3 Å². The van der Waals surface area contributed by atoms with E-state index < -0.39 is 35.2 Å². The molecule has 1 fully saturated rings. The van der Waals surface area contributed by atoms with Crippen LogP contribution in [0.4, 0.5) is 13.6 Å². The summed E-state index contributed by atoms with van der Waals surface area (Å²) >= 11 is 0. The van der Waals surface area contributed by atoms with Crippen LogP contribution in [-0.4, -0.2) is 35.0 Å². The third-order valence-corrected chi connectivity index (χ3v) is 4.93. The monoisotopic (exact) mass is 431 g/mol. The summed E-state index contributed by atoms with van der Waals surface area (Å²) in [6.07, 6.45) is 1.20. The Morgan fingerprint density at radius 3 is 2.48 bits per heavy atom. The molecular formula is C24H27F2NO4. The molecule has 0 N–H and O–H groups in total. The molecule has 1 aliphatic heterocycles. The third-order valence-electron chi connectivity index (χ3n) is 4.93. The van der Waals surface area contributed by atoms with Crippen LogP contribution in [-0.2, 0) is 11.3 Å². The van der Waals surface area contributed by atoms with Crippen molar-refractivity contribution >= 4 is 11.9 Å². The number of likely N-dealkylation sites (tertiary alicyclic amines) is 1. The van der Waals surface area contributed by atoms with Gasteiger partial charge in [0.2, 0.25) is 0 Å². The molecule has 3 rings (SSSR count). The topological polar surface area (TPSA) is 55.8 Å². The first kappa shape index (κ1) is 22.7. The lowest BCUT2D eigenvalue weighted by Crippen LogP contribution is -2.49. The summed E-state index contributed by atoms with van der Waals surface area (Å²) in [6.45, 7) is 5.57. The summed E-state index contributed by atoms with van der Waals surface area (Å²) in [5.74, 6) is -2.72. The Morgan fingerprint density at radius 1 is 1.10 bits per heavy atom. The maximum atomic E-state index is 14.6. The minimum Gasteiger partial charge on any atom is -0.485 e. The lowest BCUT2D eigenvalue weighted by molar-refractivity contribution is 0.0104. The van der Waals surface area contributed by atoms with Gasteiger partial charge in [-0.05, 0) is 51.7 Å². The van der Waals surface area contributed by atoms with Gasteiger partial charge in [0.1, 0.15) is 18.0 Å². The molecule has 0 aromatic heterocycles. The molecule has 1 saturated heterocycles. The van der Waals surface area contributed by atoms with Crippen LogP contribution in [0.15, 0.2) is 42.5 Å². The van der Waals surface area contributed by atoms with E-state index >= 15 is 0 Å². The van der Waals surface area contributed by atoms with Gasteiger partial charge in [-0.3, -0.25) is 9.69 Å². The molecule has 0 bridgehead atoms. The Hall–Kier alpha value is -2.96. The molecule has 166 valence electrons. The van der Waals surface area contributed by atoms with Crippen LogP contribution in [0.3, 0.4) is 0 Å². The average molecular weight is 431 g/mol.